The fourth-order valence-electron chi connectivity index (χ4n) is 3.64. The Morgan fingerprint density at radius 2 is 2.44 bits per heavy atom. The van der Waals surface area contributed by atoms with Crippen molar-refractivity contribution in [3.8, 4) is 0 Å². The van der Waals surface area contributed by atoms with Crippen LogP contribution in [0.25, 0.3) is 0 Å². The summed E-state index contributed by atoms with van der Waals surface area (Å²) in [7, 11) is 1.87. The van der Waals surface area contributed by atoms with Crippen LogP contribution in [0.4, 0.5) is 0 Å². The molecule has 1 aromatic rings. The van der Waals surface area contributed by atoms with Crippen molar-refractivity contribution in [3.05, 3.63) is 17.5 Å². The van der Waals surface area contributed by atoms with Gasteiger partial charge >= 0.3 is 0 Å². The Bertz CT molecular complexity index is 459. The van der Waals surface area contributed by atoms with Crippen molar-refractivity contribution in [2.45, 2.75) is 44.5 Å². The Morgan fingerprint density at radius 1 is 1.67 bits per heavy atom. The number of ether oxygens (including phenoxy) is 1. The molecule has 0 saturated carbocycles. The quantitative estimate of drug-likeness (QED) is 0.827. The van der Waals surface area contributed by atoms with Crippen molar-refractivity contribution in [2.24, 2.45) is 18.2 Å². The van der Waals surface area contributed by atoms with Crippen LogP contribution < -0.4 is 5.73 Å². The second-order valence-electron chi connectivity index (χ2n) is 5.71. The Morgan fingerprint density at radius 3 is 2.89 bits per heavy atom. The van der Waals surface area contributed by atoms with Gasteiger partial charge in [-0.05, 0) is 26.2 Å². The standard InChI is InChI=1S/C13H21N3O2/c1-8-10(6-16(2)15-8)12(17)13(7-14)5-9-3-4-11(13)18-9/h6,9,11-12,17H,3-5,7,14H2,1-2H3. The van der Waals surface area contributed by atoms with Crippen LogP contribution in [0.2, 0.25) is 0 Å². The molecule has 3 N–H and O–H groups in total. The van der Waals surface area contributed by atoms with Crippen LogP contribution in [0, 0.1) is 12.3 Å². The van der Waals surface area contributed by atoms with E-state index in [4.69, 9.17) is 10.5 Å². The molecule has 18 heavy (non-hydrogen) atoms. The molecule has 0 aliphatic carbocycles. The molecular formula is C13H21N3O2. The van der Waals surface area contributed by atoms with E-state index in [0.29, 0.717) is 6.54 Å². The van der Waals surface area contributed by atoms with E-state index in [-0.39, 0.29) is 17.6 Å². The molecule has 0 amide bonds. The summed E-state index contributed by atoms with van der Waals surface area (Å²) in [4.78, 5) is 0. The molecule has 4 unspecified atom stereocenters. The minimum absolute atomic E-state index is 0.0992. The van der Waals surface area contributed by atoms with E-state index >= 15 is 0 Å². The first-order valence-corrected chi connectivity index (χ1v) is 6.60. The van der Waals surface area contributed by atoms with E-state index in [9.17, 15) is 5.11 Å². The van der Waals surface area contributed by atoms with E-state index < -0.39 is 6.10 Å². The van der Waals surface area contributed by atoms with E-state index in [1.165, 1.54) is 0 Å². The number of hydrogen-bond acceptors (Lipinski definition) is 4. The fraction of sp³-hybridized carbons (Fsp3) is 0.769. The van der Waals surface area contributed by atoms with Crippen LogP contribution in [0.1, 0.15) is 36.6 Å². The molecule has 2 bridgehead atoms. The lowest BCUT2D eigenvalue weighted by Gasteiger charge is -2.38. The predicted molar refractivity (Wildman–Crippen MR) is 66.9 cm³/mol. The van der Waals surface area contributed by atoms with E-state index in [1.807, 2.05) is 20.2 Å². The molecule has 4 atom stereocenters. The summed E-state index contributed by atoms with van der Waals surface area (Å²) in [5.74, 6) is 0. The molecule has 2 fully saturated rings. The van der Waals surface area contributed by atoms with Crippen molar-refractivity contribution in [2.75, 3.05) is 6.54 Å². The van der Waals surface area contributed by atoms with E-state index in [1.54, 1.807) is 4.68 Å². The topological polar surface area (TPSA) is 73.3 Å². The minimum atomic E-state index is -0.577. The zero-order valence-corrected chi connectivity index (χ0v) is 11.0. The first-order valence-electron chi connectivity index (χ1n) is 6.60. The molecule has 0 spiro atoms. The summed E-state index contributed by atoms with van der Waals surface area (Å²) >= 11 is 0. The summed E-state index contributed by atoms with van der Waals surface area (Å²) in [5, 5.41) is 15.1. The molecule has 2 saturated heterocycles. The molecule has 3 heterocycles. The van der Waals surface area contributed by atoms with Gasteiger partial charge in [0.2, 0.25) is 0 Å². The first kappa shape index (κ1) is 12.1. The average molecular weight is 251 g/mol. The number of nitrogens with two attached hydrogens (primary N) is 1. The van der Waals surface area contributed by atoms with Crippen LogP contribution in [0.5, 0.6) is 0 Å². The number of aliphatic hydroxyl groups is 1. The summed E-state index contributed by atoms with van der Waals surface area (Å²) in [5.41, 5.74) is 7.42. The SMILES string of the molecule is Cc1nn(C)cc1C(O)C1(CN)CC2CCC1O2. The van der Waals surface area contributed by atoms with Crippen molar-refractivity contribution in [1.82, 2.24) is 9.78 Å². The van der Waals surface area contributed by atoms with E-state index in [0.717, 1.165) is 30.5 Å². The second kappa shape index (κ2) is 4.05. The highest BCUT2D eigenvalue weighted by atomic mass is 16.5. The Balaban J connectivity index is 1.95. The minimum Gasteiger partial charge on any atom is -0.388 e. The van der Waals surface area contributed by atoms with Gasteiger partial charge < -0.3 is 15.6 Å². The van der Waals surface area contributed by atoms with Gasteiger partial charge in [-0.15, -0.1) is 0 Å². The van der Waals surface area contributed by atoms with Crippen molar-refractivity contribution < 1.29 is 9.84 Å². The molecule has 5 nitrogen and oxygen atoms in total. The van der Waals surface area contributed by atoms with E-state index in [2.05, 4.69) is 5.10 Å². The molecule has 3 rings (SSSR count). The Labute approximate surface area is 107 Å². The number of aliphatic hydroxyl groups excluding tert-OH is 1. The Hall–Kier alpha value is -0.910. The van der Waals surface area contributed by atoms with Gasteiger partial charge in [-0.25, -0.2) is 0 Å². The van der Waals surface area contributed by atoms with Gasteiger partial charge in [0.1, 0.15) is 0 Å². The number of aryl methyl sites for hydroxylation is 2. The van der Waals surface area contributed by atoms with Gasteiger partial charge in [0.15, 0.2) is 0 Å². The third kappa shape index (κ3) is 1.54. The van der Waals surface area contributed by atoms with Crippen molar-refractivity contribution >= 4 is 0 Å². The maximum absolute atomic E-state index is 10.8. The van der Waals surface area contributed by atoms with Gasteiger partial charge in [0.25, 0.3) is 0 Å². The van der Waals surface area contributed by atoms with Crippen LogP contribution in [0.3, 0.4) is 0 Å². The number of nitrogens with zero attached hydrogens (tertiary/aromatic N) is 2. The van der Waals surface area contributed by atoms with Gasteiger partial charge in [0.05, 0.1) is 24.0 Å². The monoisotopic (exact) mass is 251 g/mol. The van der Waals surface area contributed by atoms with Crippen LogP contribution in [0.15, 0.2) is 6.20 Å². The van der Waals surface area contributed by atoms with Crippen molar-refractivity contribution in [1.29, 1.82) is 0 Å². The third-order valence-corrected chi connectivity index (χ3v) is 4.63. The smallest absolute Gasteiger partial charge is 0.0917 e. The molecule has 0 radical (unpaired) electrons. The molecule has 1 aromatic heterocycles. The van der Waals surface area contributed by atoms with Gasteiger partial charge in [-0.2, -0.15) is 5.10 Å². The summed E-state index contributed by atoms with van der Waals surface area (Å²) < 4.78 is 7.64. The molecule has 100 valence electrons. The summed E-state index contributed by atoms with van der Waals surface area (Å²) in [6.07, 6.45) is 4.68. The zero-order chi connectivity index (χ0) is 12.9. The lowest BCUT2D eigenvalue weighted by Crippen LogP contribution is -2.44. The molecule has 2 aliphatic heterocycles. The fourth-order valence-corrected chi connectivity index (χ4v) is 3.64. The maximum atomic E-state index is 10.8. The van der Waals surface area contributed by atoms with Crippen LogP contribution in [-0.4, -0.2) is 33.6 Å². The third-order valence-electron chi connectivity index (χ3n) is 4.63. The highest BCUT2D eigenvalue weighted by molar-refractivity contribution is 5.23. The van der Waals surface area contributed by atoms with Crippen LogP contribution in [-0.2, 0) is 11.8 Å². The number of hydrogen-bond donors (Lipinski definition) is 2. The molecule has 0 aromatic carbocycles. The molecular weight excluding hydrogens is 230 g/mol. The molecule has 5 heteroatoms. The highest BCUT2D eigenvalue weighted by Crippen LogP contribution is 2.53. The summed E-state index contributed by atoms with van der Waals surface area (Å²) in [6, 6.07) is 0. The highest BCUT2D eigenvalue weighted by Gasteiger charge is 2.56. The first-order chi connectivity index (χ1) is 8.56. The summed E-state index contributed by atoms with van der Waals surface area (Å²) in [6.45, 7) is 2.39. The lowest BCUT2D eigenvalue weighted by molar-refractivity contribution is -0.0267. The number of fused-ring (bicyclic) bond motifs is 2. The van der Waals surface area contributed by atoms with Crippen molar-refractivity contribution in [3.63, 3.8) is 0 Å². The average Bonchev–Trinajstić information content (AvgIpc) is 3.02. The zero-order valence-electron chi connectivity index (χ0n) is 11.0. The predicted octanol–water partition coefficient (Wildman–Crippen LogP) is 0.658. The number of aromatic nitrogens is 2. The van der Waals surface area contributed by atoms with Gasteiger partial charge in [-0.3, -0.25) is 4.68 Å². The van der Waals surface area contributed by atoms with Crippen LogP contribution >= 0.6 is 0 Å². The lowest BCUT2D eigenvalue weighted by atomic mass is 9.68. The largest absolute Gasteiger partial charge is 0.388 e. The van der Waals surface area contributed by atoms with Gasteiger partial charge in [-0.1, -0.05) is 0 Å². The normalized spacial score (nSPS) is 36.2. The molecule has 2 aliphatic rings. The Kier molecular flexibility index (Phi) is 2.73. The number of rotatable bonds is 3. The van der Waals surface area contributed by atoms with Gasteiger partial charge in [0, 0.05) is 30.8 Å². The maximum Gasteiger partial charge on any atom is 0.0917 e. The second-order valence-corrected chi connectivity index (χ2v) is 5.71.